The predicted molar refractivity (Wildman–Crippen MR) is 110 cm³/mol. The van der Waals surface area contributed by atoms with Gasteiger partial charge in [-0.2, -0.15) is 0 Å². The number of methoxy groups -OCH3 is 1. The molecule has 1 aromatic carbocycles. The molecule has 0 spiro atoms. The lowest BCUT2D eigenvalue weighted by molar-refractivity contribution is 0.385. The van der Waals surface area contributed by atoms with Crippen LogP contribution in [0, 0.1) is 11.9 Å². The minimum Gasteiger partial charge on any atom is -0.491 e. The number of hydrogen-bond donors (Lipinski definition) is 3. The van der Waals surface area contributed by atoms with Gasteiger partial charge in [-0.1, -0.05) is 11.6 Å². The standard InChI is InChI=1S/C20H21ClFN6O/c1-29-17-10-25-19(15-8-12(21)2-3-16(15)22)27-20(17)26-14-4-6-24-18(9-14)28-7-5-13(23)11-28/h2-4,8,10,13,24H,5-7,11,23H2,1H3,(H,25,26,27). The number of ether oxygens (including phenoxy) is 1. The Morgan fingerprint density at radius 2 is 2.31 bits per heavy atom. The number of anilines is 1. The second-order valence-electron chi connectivity index (χ2n) is 6.83. The summed E-state index contributed by atoms with van der Waals surface area (Å²) in [5.74, 6) is 1.48. The zero-order valence-corrected chi connectivity index (χ0v) is 16.6. The van der Waals surface area contributed by atoms with Gasteiger partial charge in [0, 0.05) is 36.4 Å². The third kappa shape index (κ3) is 4.28. The Morgan fingerprint density at radius 1 is 1.45 bits per heavy atom. The Kier molecular flexibility index (Phi) is 5.55. The van der Waals surface area contributed by atoms with Gasteiger partial charge in [0.25, 0.3) is 0 Å². The number of nitrogens with zero attached hydrogens (tertiary/aromatic N) is 3. The van der Waals surface area contributed by atoms with Crippen LogP contribution >= 0.6 is 11.6 Å². The number of benzene rings is 1. The second kappa shape index (κ2) is 8.26. The minimum atomic E-state index is -0.453. The largest absolute Gasteiger partial charge is 0.491 e. The SMILES string of the molecule is COc1cnc(-c2cc(Cl)ccc2F)nc1NC1=CCNC(N2CCC(N)C2)=[C]1. The molecule has 2 aliphatic heterocycles. The number of rotatable bonds is 5. The van der Waals surface area contributed by atoms with Crippen LogP contribution in [0.3, 0.4) is 0 Å². The van der Waals surface area contributed by atoms with Crippen LogP contribution in [-0.2, 0) is 0 Å². The van der Waals surface area contributed by atoms with Gasteiger partial charge >= 0.3 is 0 Å². The average Bonchev–Trinajstić information content (AvgIpc) is 3.16. The van der Waals surface area contributed by atoms with E-state index in [2.05, 4.69) is 31.6 Å². The van der Waals surface area contributed by atoms with Gasteiger partial charge in [-0.05, 0) is 30.7 Å². The Labute approximate surface area is 173 Å². The van der Waals surface area contributed by atoms with E-state index in [0.29, 0.717) is 23.1 Å². The van der Waals surface area contributed by atoms with Crippen LogP contribution in [-0.4, -0.2) is 47.7 Å². The van der Waals surface area contributed by atoms with Gasteiger partial charge in [-0.3, -0.25) is 0 Å². The van der Waals surface area contributed by atoms with Crippen molar-refractivity contribution in [1.82, 2.24) is 20.2 Å². The number of aromatic nitrogens is 2. The van der Waals surface area contributed by atoms with Crippen molar-refractivity contribution in [2.75, 3.05) is 32.1 Å². The normalized spacial score (nSPS) is 18.8. The van der Waals surface area contributed by atoms with Gasteiger partial charge < -0.3 is 26.0 Å². The van der Waals surface area contributed by atoms with Crippen molar-refractivity contribution in [2.24, 2.45) is 5.73 Å². The summed E-state index contributed by atoms with van der Waals surface area (Å²) in [5, 5.41) is 6.92. The van der Waals surface area contributed by atoms with Gasteiger partial charge in [0.15, 0.2) is 17.4 Å². The summed E-state index contributed by atoms with van der Waals surface area (Å²) in [4.78, 5) is 10.8. The molecule has 29 heavy (non-hydrogen) atoms. The molecule has 2 aliphatic rings. The van der Waals surface area contributed by atoms with E-state index in [9.17, 15) is 4.39 Å². The highest BCUT2D eigenvalue weighted by Crippen LogP contribution is 2.29. The summed E-state index contributed by atoms with van der Waals surface area (Å²) in [7, 11) is 1.52. The first-order chi connectivity index (χ1) is 14.0. The fourth-order valence-corrected chi connectivity index (χ4v) is 3.44. The van der Waals surface area contributed by atoms with Crippen molar-refractivity contribution in [3.8, 4) is 17.1 Å². The maximum Gasteiger partial charge on any atom is 0.179 e. The third-order valence-corrected chi connectivity index (χ3v) is 5.00. The summed E-state index contributed by atoms with van der Waals surface area (Å²) < 4.78 is 19.6. The molecule has 4 rings (SSSR count). The quantitative estimate of drug-likeness (QED) is 0.691. The Bertz CT molecular complexity index is 979. The van der Waals surface area contributed by atoms with Crippen LogP contribution in [0.2, 0.25) is 5.02 Å². The zero-order chi connectivity index (χ0) is 20.4. The van der Waals surface area contributed by atoms with E-state index in [0.717, 1.165) is 31.0 Å². The maximum atomic E-state index is 14.2. The summed E-state index contributed by atoms with van der Waals surface area (Å²) in [5.41, 5.74) is 6.96. The molecular formula is C20H21ClFN6O. The van der Waals surface area contributed by atoms with Gasteiger partial charge in [0.1, 0.15) is 11.6 Å². The Balaban J connectivity index is 1.61. The number of dihydropyridines is 1. The maximum absolute atomic E-state index is 14.2. The van der Waals surface area contributed by atoms with E-state index in [1.807, 2.05) is 6.08 Å². The van der Waals surface area contributed by atoms with Crippen LogP contribution in [0.25, 0.3) is 11.4 Å². The number of halogens is 2. The fraction of sp³-hybridized carbons (Fsp3) is 0.300. The van der Waals surface area contributed by atoms with Crippen molar-refractivity contribution in [3.63, 3.8) is 0 Å². The molecule has 0 aliphatic carbocycles. The van der Waals surface area contributed by atoms with E-state index in [1.165, 1.54) is 31.5 Å². The van der Waals surface area contributed by atoms with Crippen molar-refractivity contribution >= 4 is 17.4 Å². The molecule has 3 heterocycles. The molecule has 1 saturated heterocycles. The van der Waals surface area contributed by atoms with Crippen molar-refractivity contribution in [2.45, 2.75) is 12.5 Å². The number of nitrogens with one attached hydrogen (secondary N) is 2. The van der Waals surface area contributed by atoms with Crippen molar-refractivity contribution in [1.29, 1.82) is 0 Å². The van der Waals surface area contributed by atoms with Gasteiger partial charge in [-0.15, -0.1) is 0 Å². The summed E-state index contributed by atoms with van der Waals surface area (Å²) in [6, 6.07) is 4.43. The molecule has 1 radical (unpaired) electrons. The van der Waals surface area contributed by atoms with E-state index in [-0.39, 0.29) is 17.4 Å². The fourth-order valence-electron chi connectivity index (χ4n) is 3.27. The van der Waals surface area contributed by atoms with E-state index in [1.54, 1.807) is 0 Å². The Morgan fingerprint density at radius 3 is 3.07 bits per heavy atom. The third-order valence-electron chi connectivity index (χ3n) is 4.77. The molecule has 0 amide bonds. The van der Waals surface area contributed by atoms with E-state index in [4.69, 9.17) is 22.1 Å². The molecule has 151 valence electrons. The van der Waals surface area contributed by atoms with Crippen molar-refractivity contribution < 1.29 is 9.13 Å². The molecule has 1 atom stereocenters. The monoisotopic (exact) mass is 415 g/mol. The molecule has 1 fully saturated rings. The van der Waals surface area contributed by atoms with Crippen LogP contribution < -0.4 is 21.1 Å². The first-order valence-corrected chi connectivity index (χ1v) is 9.63. The number of likely N-dealkylation sites (tertiary alicyclic amines) is 1. The first-order valence-electron chi connectivity index (χ1n) is 9.25. The van der Waals surface area contributed by atoms with Crippen LogP contribution in [0.1, 0.15) is 6.42 Å². The number of hydrogen-bond acceptors (Lipinski definition) is 7. The molecule has 1 unspecified atom stereocenters. The second-order valence-corrected chi connectivity index (χ2v) is 7.26. The predicted octanol–water partition coefficient (Wildman–Crippen LogP) is 2.52. The summed E-state index contributed by atoms with van der Waals surface area (Å²) in [6.07, 6.45) is 7.70. The first kappa shape index (κ1) is 19.5. The lowest BCUT2D eigenvalue weighted by Gasteiger charge is -2.25. The average molecular weight is 416 g/mol. The smallest absolute Gasteiger partial charge is 0.179 e. The number of nitrogens with two attached hydrogens (primary N) is 1. The van der Waals surface area contributed by atoms with Gasteiger partial charge in [-0.25, -0.2) is 14.4 Å². The highest BCUT2D eigenvalue weighted by molar-refractivity contribution is 6.30. The molecule has 0 saturated carbocycles. The molecule has 1 aromatic heterocycles. The summed E-state index contributed by atoms with van der Waals surface area (Å²) >= 11 is 6.00. The highest BCUT2D eigenvalue weighted by Gasteiger charge is 2.23. The lowest BCUT2D eigenvalue weighted by Crippen LogP contribution is -2.34. The molecule has 9 heteroatoms. The van der Waals surface area contributed by atoms with Crippen LogP contribution in [0.5, 0.6) is 5.75 Å². The van der Waals surface area contributed by atoms with Crippen LogP contribution in [0.4, 0.5) is 10.2 Å². The lowest BCUT2D eigenvalue weighted by atomic mass is 10.2. The zero-order valence-electron chi connectivity index (χ0n) is 15.9. The van der Waals surface area contributed by atoms with E-state index < -0.39 is 5.82 Å². The van der Waals surface area contributed by atoms with Gasteiger partial charge in [0.05, 0.1) is 24.9 Å². The van der Waals surface area contributed by atoms with Crippen LogP contribution in [0.15, 0.2) is 42.0 Å². The molecule has 7 nitrogen and oxygen atoms in total. The molecular weight excluding hydrogens is 395 g/mol. The topological polar surface area (TPSA) is 88.3 Å². The van der Waals surface area contributed by atoms with Gasteiger partial charge in [0.2, 0.25) is 0 Å². The molecule has 4 N–H and O–H groups in total. The molecule has 0 bridgehead atoms. The highest BCUT2D eigenvalue weighted by atomic mass is 35.5. The van der Waals surface area contributed by atoms with E-state index >= 15 is 0 Å². The minimum absolute atomic E-state index is 0.172. The number of allylic oxidation sites excluding steroid dienone is 1. The molecule has 2 aromatic rings. The summed E-state index contributed by atoms with van der Waals surface area (Å²) in [6.45, 7) is 2.32. The van der Waals surface area contributed by atoms with Crippen molar-refractivity contribution in [3.05, 3.63) is 58.9 Å². The Hall–Kier alpha value is -2.84.